The van der Waals surface area contributed by atoms with Gasteiger partial charge in [0.25, 0.3) is 0 Å². The number of aromatic amines is 2. The van der Waals surface area contributed by atoms with Crippen LogP contribution in [0.1, 0.15) is 76.9 Å². The van der Waals surface area contributed by atoms with Crippen molar-refractivity contribution in [1.82, 2.24) is 29.5 Å². The molecular weight excluding hydrogens is 1010 g/mol. The molecule has 24 heteroatoms. The Kier molecular flexibility index (Phi) is 16.1. The van der Waals surface area contributed by atoms with Crippen molar-refractivity contribution < 1.29 is 55.6 Å². The summed E-state index contributed by atoms with van der Waals surface area (Å²) in [6, 6.07) is 20.2. The summed E-state index contributed by atoms with van der Waals surface area (Å²) in [5, 5.41) is 50.0. The Hall–Kier alpha value is -9.26. The molecule has 76 heavy (non-hydrogen) atoms. The van der Waals surface area contributed by atoms with Gasteiger partial charge in [-0.25, -0.2) is 38.5 Å². The van der Waals surface area contributed by atoms with Crippen LogP contribution in [0.2, 0.25) is 0 Å². The van der Waals surface area contributed by atoms with Gasteiger partial charge in [-0.3, -0.25) is 9.80 Å². The van der Waals surface area contributed by atoms with E-state index in [2.05, 4.69) is 20.4 Å². The molecule has 2 aliphatic heterocycles. The molecule has 2 aromatic heterocycles. The number of benzene rings is 4. The number of fused-ring (bicyclic) bond motifs is 2. The molecule has 0 saturated carbocycles. The minimum atomic E-state index is -4.62. The highest BCUT2D eigenvalue weighted by Gasteiger charge is 2.43. The molecule has 0 radical (unpaired) electrons. The lowest BCUT2D eigenvalue weighted by atomic mass is 9.89. The first kappa shape index (κ1) is 54.5. The van der Waals surface area contributed by atoms with E-state index in [1.54, 1.807) is 42.5 Å². The van der Waals surface area contributed by atoms with Crippen molar-refractivity contribution in [2.24, 2.45) is 0 Å². The first-order valence-electron chi connectivity index (χ1n) is 22.7. The second kappa shape index (κ2) is 22.5. The van der Waals surface area contributed by atoms with Gasteiger partial charge in [-0.1, -0.05) is 48.6 Å². The molecular formula is C52H44F6N10O8. The first-order chi connectivity index (χ1) is 36.2. The first-order valence-corrected chi connectivity index (χ1v) is 22.7. The smallest absolute Gasteiger partial charge is 0.416 e. The van der Waals surface area contributed by atoms with Crippen molar-refractivity contribution in [2.75, 3.05) is 37.2 Å². The van der Waals surface area contributed by atoms with Gasteiger partial charge in [0.05, 0.1) is 66.4 Å². The van der Waals surface area contributed by atoms with Gasteiger partial charge >= 0.3 is 35.7 Å². The minimum Gasteiger partial charge on any atom is -0.466 e. The van der Waals surface area contributed by atoms with Crippen molar-refractivity contribution in [3.63, 3.8) is 0 Å². The van der Waals surface area contributed by atoms with Crippen LogP contribution in [0.15, 0.2) is 135 Å². The third kappa shape index (κ3) is 10.7. The lowest BCUT2D eigenvalue weighted by Gasteiger charge is -2.36. The minimum absolute atomic E-state index is 0.00185. The fourth-order valence-corrected chi connectivity index (χ4v) is 8.88. The number of ether oxygens (including phenoxy) is 2. The van der Waals surface area contributed by atoms with Crippen molar-refractivity contribution >= 4 is 41.3 Å². The summed E-state index contributed by atoms with van der Waals surface area (Å²) in [6.45, 7) is 2.72. The van der Waals surface area contributed by atoms with E-state index in [0.717, 1.165) is 43.1 Å². The average molecular weight is 1050 g/mol. The molecule has 2 atom stereocenters. The molecule has 0 amide bonds. The molecule has 4 aromatic carbocycles. The molecule has 4 N–H and O–H groups in total. The highest BCUT2D eigenvalue weighted by atomic mass is 19.4. The van der Waals surface area contributed by atoms with Crippen LogP contribution >= 0.6 is 0 Å². The van der Waals surface area contributed by atoms with E-state index in [0.29, 0.717) is 39.8 Å². The number of halogens is 6. The van der Waals surface area contributed by atoms with E-state index in [4.69, 9.17) is 14.6 Å². The summed E-state index contributed by atoms with van der Waals surface area (Å²) in [7, 11) is 2.31. The number of aliphatic hydroxyl groups is 2. The van der Waals surface area contributed by atoms with E-state index >= 15 is 0 Å². The number of aliphatic hydroxyl groups excluding tert-OH is 2. The number of esters is 2. The molecule has 6 aromatic rings. The third-order valence-corrected chi connectivity index (χ3v) is 12.2. The second-order valence-corrected chi connectivity index (χ2v) is 16.7. The molecule has 0 bridgehead atoms. The van der Waals surface area contributed by atoms with Crippen LogP contribution in [-0.4, -0.2) is 79.1 Å². The van der Waals surface area contributed by atoms with Crippen LogP contribution in [0.25, 0.3) is 6.08 Å². The van der Waals surface area contributed by atoms with Gasteiger partial charge in [-0.05, 0) is 110 Å². The standard InChI is InChI=1S/2C26H22F3N5O4/c2*1-15-21(23(36)38-2)22(20-10-9-16(14-30)12-17(20)6-3-4-11-35)34-24(31-32-25(34)37)33(15)19-8-5-7-18(13-19)26(27,28)29/h3,5-10,12-13,22,35H,4,11H2,1-2H3,(H,32,37);3-5,7-10,12-13,22,35H,6,11H2,1-2H3,(H,32,37)/b6-3+;4-3+/t2*22-/m11/s1. The number of hydrogen-bond donors (Lipinski definition) is 4. The number of allylic oxidation sites excluding steroid dienone is 3. The maximum atomic E-state index is 13.5. The fourth-order valence-electron chi connectivity index (χ4n) is 8.88. The Labute approximate surface area is 427 Å². The predicted molar refractivity (Wildman–Crippen MR) is 262 cm³/mol. The number of alkyl halides is 6. The zero-order valence-corrected chi connectivity index (χ0v) is 40.6. The van der Waals surface area contributed by atoms with Crippen molar-refractivity contribution in [1.29, 1.82) is 10.5 Å². The Morgan fingerprint density at radius 2 is 1.16 bits per heavy atom. The largest absolute Gasteiger partial charge is 0.466 e. The van der Waals surface area contributed by atoms with Crippen molar-refractivity contribution in [3.05, 3.63) is 191 Å². The van der Waals surface area contributed by atoms with Crippen LogP contribution in [0, 0.1) is 22.7 Å². The van der Waals surface area contributed by atoms with Crippen LogP contribution < -0.4 is 21.2 Å². The molecule has 392 valence electrons. The lowest BCUT2D eigenvalue weighted by molar-refractivity contribution is -0.138. The summed E-state index contributed by atoms with van der Waals surface area (Å²) in [4.78, 5) is 55.0. The number of methoxy groups -OCH3 is 2. The molecule has 18 nitrogen and oxygen atoms in total. The van der Waals surface area contributed by atoms with Gasteiger partial charge in [0.2, 0.25) is 11.9 Å². The zero-order chi connectivity index (χ0) is 55.2. The number of nitrogens with zero attached hydrogens (tertiary/aromatic N) is 8. The van der Waals surface area contributed by atoms with Crippen LogP contribution in [0.3, 0.4) is 0 Å². The number of anilines is 4. The van der Waals surface area contributed by atoms with Gasteiger partial charge in [0.15, 0.2) is 0 Å². The van der Waals surface area contributed by atoms with E-state index in [1.165, 1.54) is 70.7 Å². The van der Waals surface area contributed by atoms with Crippen LogP contribution in [0.4, 0.5) is 49.6 Å². The number of carbonyl (C=O) groups excluding carboxylic acids is 2. The van der Waals surface area contributed by atoms with E-state index in [1.807, 2.05) is 12.1 Å². The SMILES string of the molecule is COC(=O)C1=C(C)N(c2cccc(C(F)(F)F)c2)c2n[nH]c(=O)n2[C@@H]1c1ccc(C#N)cc1/C=C/CCO.COC(=O)C1=C(C)N(c2cccc(C(F)(F)F)c2)c2n[nH]c(=O)n2[C@@H]1c1ccc(C#N)cc1C/C=C/CO. The lowest BCUT2D eigenvalue weighted by Crippen LogP contribution is -2.38. The van der Waals surface area contributed by atoms with E-state index in [-0.39, 0.29) is 65.4 Å². The topological polar surface area (TPSA) is 248 Å². The number of nitriles is 2. The molecule has 8 rings (SSSR count). The van der Waals surface area contributed by atoms with E-state index in [9.17, 15) is 61.2 Å². The monoisotopic (exact) mass is 1050 g/mol. The van der Waals surface area contributed by atoms with Crippen molar-refractivity contribution in [2.45, 2.75) is 51.1 Å². The third-order valence-electron chi connectivity index (χ3n) is 12.2. The molecule has 0 saturated heterocycles. The Morgan fingerprint density at radius 3 is 1.61 bits per heavy atom. The molecule has 0 aliphatic carbocycles. The summed E-state index contributed by atoms with van der Waals surface area (Å²) in [5.41, 5.74) is -0.185. The number of nitrogens with one attached hydrogen (secondary N) is 2. The highest BCUT2D eigenvalue weighted by Crippen LogP contribution is 2.46. The molecule has 2 aliphatic rings. The zero-order valence-electron chi connectivity index (χ0n) is 40.6. The Balaban J connectivity index is 0.000000221. The van der Waals surface area contributed by atoms with Gasteiger partial charge in [-0.2, -0.15) is 36.9 Å². The van der Waals surface area contributed by atoms with Crippen molar-refractivity contribution in [3.8, 4) is 12.1 Å². The average Bonchev–Trinajstić information content (AvgIpc) is 3.98. The normalized spacial score (nSPS) is 15.5. The van der Waals surface area contributed by atoms with E-state index < -0.39 is 58.9 Å². The Bertz CT molecular complexity index is 3550. The fraction of sp³-hybridized carbons (Fsp3) is 0.231. The maximum Gasteiger partial charge on any atom is 0.416 e. The predicted octanol–water partition coefficient (Wildman–Crippen LogP) is 7.79. The summed E-state index contributed by atoms with van der Waals surface area (Å²) < 4.78 is 93.3. The number of aromatic nitrogens is 6. The summed E-state index contributed by atoms with van der Waals surface area (Å²) in [6.07, 6.45) is -2.16. The Morgan fingerprint density at radius 1 is 0.684 bits per heavy atom. The number of carbonyl (C=O) groups is 2. The summed E-state index contributed by atoms with van der Waals surface area (Å²) >= 11 is 0. The molecule has 4 heterocycles. The quantitative estimate of drug-likeness (QED) is 0.0519. The molecule has 0 spiro atoms. The van der Waals surface area contributed by atoms with Gasteiger partial charge in [0.1, 0.15) is 12.1 Å². The van der Waals surface area contributed by atoms with Gasteiger partial charge in [0, 0.05) is 29.4 Å². The molecule has 0 unspecified atom stereocenters. The second-order valence-electron chi connectivity index (χ2n) is 16.7. The van der Waals surface area contributed by atoms with Crippen LogP contribution in [-0.2, 0) is 37.8 Å². The van der Waals surface area contributed by atoms with Gasteiger partial charge in [-0.15, -0.1) is 10.2 Å². The number of hydrogen-bond acceptors (Lipinski definition) is 14. The van der Waals surface area contributed by atoms with Crippen LogP contribution in [0.5, 0.6) is 0 Å². The summed E-state index contributed by atoms with van der Waals surface area (Å²) in [5.74, 6) is -1.69. The van der Waals surface area contributed by atoms with Gasteiger partial charge < -0.3 is 19.7 Å². The number of H-pyrrole nitrogens is 2. The maximum absolute atomic E-state index is 13.5. The molecule has 0 fully saturated rings. The highest BCUT2D eigenvalue weighted by molar-refractivity contribution is 5.95. The number of rotatable bonds is 12.